The summed E-state index contributed by atoms with van der Waals surface area (Å²) in [5, 5.41) is 18.9. The summed E-state index contributed by atoms with van der Waals surface area (Å²) in [7, 11) is -1.15. The van der Waals surface area contributed by atoms with Crippen LogP contribution in [-0.2, 0) is 5.41 Å². The van der Waals surface area contributed by atoms with E-state index in [1.807, 2.05) is 12.3 Å². The standard InChI is InChI=1S/C22H30N4S/c1-5-16(12-23)11-15(2)19-18(9-8-17-7-6-10-26-20(17)19)22(3)13-27(4,14-22)21(24)25/h6-10,15-16H,5,11,13-14H2,1-4H3,(H3,24,25). The molecule has 0 spiro atoms. The molecule has 1 aromatic carbocycles. The second-order valence-electron chi connectivity index (χ2n) is 8.46. The molecule has 0 aliphatic carbocycles. The number of pyridine rings is 1. The molecule has 27 heavy (non-hydrogen) atoms. The van der Waals surface area contributed by atoms with Gasteiger partial charge in [0.05, 0.1) is 11.6 Å². The lowest BCUT2D eigenvalue weighted by molar-refractivity contribution is 0.508. The number of nitrogens with two attached hydrogens (primary N) is 1. The van der Waals surface area contributed by atoms with E-state index >= 15 is 0 Å². The van der Waals surface area contributed by atoms with Gasteiger partial charge in [0.15, 0.2) is 0 Å². The summed E-state index contributed by atoms with van der Waals surface area (Å²) >= 11 is 0. The lowest BCUT2D eigenvalue weighted by atomic mass is 9.76. The Labute approximate surface area is 164 Å². The van der Waals surface area contributed by atoms with Crippen molar-refractivity contribution in [3.05, 3.63) is 41.6 Å². The molecule has 3 N–H and O–H groups in total. The molecule has 2 unspecified atom stereocenters. The van der Waals surface area contributed by atoms with E-state index in [4.69, 9.17) is 16.1 Å². The summed E-state index contributed by atoms with van der Waals surface area (Å²) in [5.74, 6) is 2.25. The zero-order valence-electron chi connectivity index (χ0n) is 16.7. The number of amidine groups is 1. The maximum Gasteiger partial charge on any atom is 0.133 e. The van der Waals surface area contributed by atoms with Crippen LogP contribution in [-0.4, -0.2) is 27.9 Å². The summed E-state index contributed by atoms with van der Waals surface area (Å²) in [4.78, 5) is 4.72. The molecule has 0 amide bonds. The van der Waals surface area contributed by atoms with Gasteiger partial charge in [-0.3, -0.25) is 10.4 Å². The molecule has 0 saturated carbocycles. The molecule has 2 aromatic rings. The molecule has 0 radical (unpaired) electrons. The van der Waals surface area contributed by atoms with Crippen molar-refractivity contribution in [2.45, 2.75) is 44.9 Å². The monoisotopic (exact) mass is 382 g/mol. The van der Waals surface area contributed by atoms with E-state index in [0.717, 1.165) is 35.3 Å². The fraction of sp³-hybridized carbons (Fsp3) is 0.500. The highest BCUT2D eigenvalue weighted by molar-refractivity contribution is 8.45. The Morgan fingerprint density at radius 2 is 2.11 bits per heavy atom. The van der Waals surface area contributed by atoms with E-state index < -0.39 is 10.0 Å². The molecule has 2 heterocycles. The maximum atomic E-state index is 9.45. The quantitative estimate of drug-likeness (QED) is 0.571. The molecule has 5 heteroatoms. The minimum atomic E-state index is -1.15. The number of hydrogen-bond acceptors (Lipinski definition) is 3. The molecule has 1 fully saturated rings. The van der Waals surface area contributed by atoms with Gasteiger partial charge in [0.2, 0.25) is 0 Å². The third-order valence-corrected chi connectivity index (χ3v) is 9.69. The van der Waals surface area contributed by atoms with E-state index in [2.05, 4.69) is 51.3 Å². The van der Waals surface area contributed by atoms with Crippen molar-refractivity contribution in [3.8, 4) is 6.07 Å². The normalized spacial score (nSPS) is 29.1. The molecule has 4 nitrogen and oxygen atoms in total. The van der Waals surface area contributed by atoms with Gasteiger partial charge in [-0.05, 0) is 53.7 Å². The summed E-state index contributed by atoms with van der Waals surface area (Å²) in [6.45, 7) is 6.61. The van der Waals surface area contributed by atoms with Gasteiger partial charge in [-0.15, -0.1) is 0 Å². The average Bonchev–Trinajstić information content (AvgIpc) is 2.63. The SMILES string of the molecule is CCC(C#N)CC(C)c1c(C2(C)CS(C)(C(=N)N)C2)ccc2cccnc12. The summed E-state index contributed by atoms with van der Waals surface area (Å²) in [5.41, 5.74) is 9.60. The van der Waals surface area contributed by atoms with Gasteiger partial charge in [-0.2, -0.15) is 15.3 Å². The van der Waals surface area contributed by atoms with Crippen LogP contribution < -0.4 is 5.73 Å². The number of fused-ring (bicyclic) bond motifs is 1. The molecule has 1 saturated heterocycles. The first kappa shape index (κ1) is 19.7. The number of nitriles is 1. The predicted octanol–water partition coefficient (Wildman–Crippen LogP) is 4.88. The first-order valence-corrected chi connectivity index (χ1v) is 12.0. The van der Waals surface area contributed by atoms with Crippen LogP contribution in [0.25, 0.3) is 10.9 Å². The molecular weight excluding hydrogens is 352 g/mol. The van der Waals surface area contributed by atoms with Crippen molar-refractivity contribution in [2.24, 2.45) is 11.7 Å². The van der Waals surface area contributed by atoms with Crippen LogP contribution in [0.5, 0.6) is 0 Å². The van der Waals surface area contributed by atoms with Crippen molar-refractivity contribution in [3.63, 3.8) is 0 Å². The predicted molar refractivity (Wildman–Crippen MR) is 117 cm³/mol. The smallest absolute Gasteiger partial charge is 0.133 e. The fourth-order valence-electron chi connectivity index (χ4n) is 4.72. The van der Waals surface area contributed by atoms with Crippen LogP contribution in [0.4, 0.5) is 0 Å². The number of nitrogens with zero attached hydrogens (tertiary/aromatic N) is 2. The van der Waals surface area contributed by atoms with Crippen LogP contribution in [0.2, 0.25) is 0 Å². The minimum Gasteiger partial charge on any atom is -0.380 e. The topological polar surface area (TPSA) is 86.5 Å². The molecule has 1 aliphatic heterocycles. The van der Waals surface area contributed by atoms with Crippen molar-refractivity contribution in [1.29, 1.82) is 10.7 Å². The van der Waals surface area contributed by atoms with Crippen molar-refractivity contribution < 1.29 is 0 Å². The second-order valence-corrected chi connectivity index (χ2v) is 12.0. The Hall–Kier alpha value is -2.06. The lowest BCUT2D eigenvalue weighted by Gasteiger charge is -2.57. The van der Waals surface area contributed by atoms with Gasteiger partial charge in [0, 0.05) is 22.9 Å². The summed E-state index contributed by atoms with van der Waals surface area (Å²) in [6.07, 6.45) is 5.75. The van der Waals surface area contributed by atoms with Gasteiger partial charge in [-0.25, -0.2) is 0 Å². The zero-order chi connectivity index (χ0) is 19.8. The van der Waals surface area contributed by atoms with E-state index in [0.29, 0.717) is 5.17 Å². The molecule has 1 aromatic heterocycles. The first-order valence-electron chi connectivity index (χ1n) is 9.59. The van der Waals surface area contributed by atoms with Gasteiger partial charge in [0.1, 0.15) is 5.17 Å². The highest BCUT2D eigenvalue weighted by Crippen LogP contribution is 2.63. The zero-order valence-corrected chi connectivity index (χ0v) is 17.6. The molecular formula is C22H30N4S. The number of nitrogens with one attached hydrogen (secondary N) is 1. The Morgan fingerprint density at radius 1 is 1.41 bits per heavy atom. The van der Waals surface area contributed by atoms with Crippen LogP contribution in [0.15, 0.2) is 30.5 Å². The van der Waals surface area contributed by atoms with Crippen LogP contribution in [0.3, 0.4) is 0 Å². The highest BCUT2D eigenvalue weighted by Gasteiger charge is 2.49. The maximum absolute atomic E-state index is 9.45. The van der Waals surface area contributed by atoms with Gasteiger partial charge < -0.3 is 5.73 Å². The Balaban J connectivity index is 2.09. The lowest BCUT2D eigenvalue weighted by Crippen LogP contribution is -2.51. The second kappa shape index (κ2) is 7.16. The van der Waals surface area contributed by atoms with Crippen LogP contribution >= 0.6 is 10.0 Å². The fourth-order valence-corrected chi connectivity index (χ4v) is 8.07. The van der Waals surface area contributed by atoms with E-state index in [1.165, 1.54) is 11.1 Å². The summed E-state index contributed by atoms with van der Waals surface area (Å²) in [6, 6.07) is 11.0. The van der Waals surface area contributed by atoms with Crippen LogP contribution in [0.1, 0.15) is 50.7 Å². The van der Waals surface area contributed by atoms with E-state index in [-0.39, 0.29) is 17.3 Å². The van der Waals surface area contributed by atoms with Gasteiger partial charge >= 0.3 is 0 Å². The largest absolute Gasteiger partial charge is 0.380 e. The highest BCUT2D eigenvalue weighted by atomic mass is 32.3. The summed E-state index contributed by atoms with van der Waals surface area (Å²) < 4.78 is 0. The minimum absolute atomic E-state index is 0.0272. The van der Waals surface area contributed by atoms with Crippen molar-refractivity contribution >= 4 is 26.1 Å². The van der Waals surface area contributed by atoms with Crippen LogP contribution in [0, 0.1) is 22.7 Å². The third kappa shape index (κ3) is 3.43. The average molecular weight is 383 g/mol. The van der Waals surface area contributed by atoms with E-state index in [1.54, 1.807) is 0 Å². The number of benzene rings is 1. The molecule has 3 rings (SSSR count). The number of hydrogen-bond donors (Lipinski definition) is 2. The third-order valence-electron chi connectivity index (χ3n) is 6.08. The van der Waals surface area contributed by atoms with Crippen molar-refractivity contribution in [2.75, 3.05) is 17.8 Å². The number of aromatic nitrogens is 1. The first-order chi connectivity index (χ1) is 12.7. The van der Waals surface area contributed by atoms with Crippen molar-refractivity contribution in [1.82, 2.24) is 4.98 Å². The molecule has 1 aliphatic rings. The Morgan fingerprint density at radius 3 is 2.70 bits per heavy atom. The van der Waals surface area contributed by atoms with E-state index in [9.17, 15) is 5.26 Å². The van der Waals surface area contributed by atoms with Gasteiger partial charge in [0.25, 0.3) is 0 Å². The van der Waals surface area contributed by atoms with Gasteiger partial charge in [-0.1, -0.05) is 39.0 Å². The molecule has 2 atom stereocenters. The number of rotatable bonds is 5. The molecule has 0 bridgehead atoms. The Kier molecular flexibility index (Phi) is 5.22. The Bertz CT molecular complexity index is 908. The molecule has 144 valence electrons.